The van der Waals surface area contributed by atoms with E-state index >= 15 is 0 Å². The van der Waals surface area contributed by atoms with E-state index in [9.17, 15) is 14.0 Å². The molecule has 0 atom stereocenters. The van der Waals surface area contributed by atoms with E-state index in [2.05, 4.69) is 25.8 Å². The van der Waals surface area contributed by atoms with E-state index < -0.39 is 11.8 Å². The van der Waals surface area contributed by atoms with Crippen LogP contribution in [0.25, 0.3) is 21.9 Å². The lowest BCUT2D eigenvalue weighted by Crippen LogP contribution is -2.24. The van der Waals surface area contributed by atoms with Crippen molar-refractivity contribution >= 4 is 28.4 Å². The molecule has 0 fully saturated rings. The molecule has 2 aromatic carbocycles. The van der Waals surface area contributed by atoms with Gasteiger partial charge >= 0.3 is 11.8 Å². The molecule has 0 aliphatic rings. The van der Waals surface area contributed by atoms with Crippen molar-refractivity contribution < 1.29 is 18.5 Å². The van der Waals surface area contributed by atoms with Gasteiger partial charge in [0.2, 0.25) is 0 Å². The zero-order valence-electron chi connectivity index (χ0n) is 16.3. The lowest BCUT2D eigenvalue weighted by molar-refractivity contribution is 0.0917. The molecule has 2 aromatic heterocycles. The predicted molar refractivity (Wildman–Crippen MR) is 110 cm³/mol. The molecule has 156 valence electrons. The molecule has 4 rings (SSSR count). The van der Waals surface area contributed by atoms with E-state index in [1.165, 1.54) is 25.4 Å². The van der Waals surface area contributed by atoms with Crippen LogP contribution in [0.1, 0.15) is 26.9 Å². The van der Waals surface area contributed by atoms with Crippen molar-refractivity contribution in [3.05, 3.63) is 71.8 Å². The van der Waals surface area contributed by atoms with Gasteiger partial charge in [0, 0.05) is 18.6 Å². The van der Waals surface area contributed by atoms with Gasteiger partial charge in [-0.25, -0.2) is 9.37 Å². The Bertz CT molecular complexity index is 1300. The second kappa shape index (κ2) is 8.19. The van der Waals surface area contributed by atoms with E-state index in [1.54, 1.807) is 30.3 Å². The van der Waals surface area contributed by atoms with Gasteiger partial charge in [0.05, 0.1) is 12.1 Å². The number of amides is 2. The van der Waals surface area contributed by atoms with Crippen LogP contribution in [0.15, 0.2) is 53.2 Å². The molecule has 0 bridgehead atoms. The van der Waals surface area contributed by atoms with Crippen molar-refractivity contribution in [3.63, 3.8) is 0 Å². The fourth-order valence-corrected chi connectivity index (χ4v) is 3.07. The van der Waals surface area contributed by atoms with Gasteiger partial charge in [-0.05, 0) is 34.7 Å². The second-order valence-electron chi connectivity index (χ2n) is 6.61. The first-order valence-corrected chi connectivity index (χ1v) is 9.23. The Morgan fingerprint density at radius 2 is 1.90 bits per heavy atom. The Hall–Kier alpha value is -4.34. The number of rotatable bonds is 5. The summed E-state index contributed by atoms with van der Waals surface area (Å²) in [5.41, 5.74) is 7.74. The lowest BCUT2D eigenvalue weighted by Gasteiger charge is -2.10. The van der Waals surface area contributed by atoms with Gasteiger partial charge in [-0.1, -0.05) is 29.4 Å². The van der Waals surface area contributed by atoms with Crippen LogP contribution in [0.3, 0.4) is 0 Å². The van der Waals surface area contributed by atoms with Crippen LogP contribution < -0.4 is 16.4 Å². The third-order valence-corrected chi connectivity index (χ3v) is 4.62. The smallest absolute Gasteiger partial charge is 0.315 e. The number of nitrogens with one attached hydrogen (secondary N) is 2. The third-order valence-electron chi connectivity index (χ3n) is 4.62. The molecular formula is C21H17FN6O3. The standard InChI is InChI=1S/C21H17FN6O3/c1-24-20(30)21-27-17(28-31-21)10-26-19(29)16-9-25-18(23)15-8-12(5-6-14(15)16)11-3-2-4-13(22)7-11/h2-9H,10H2,1H3,(H2,23,25)(H,24,30)(H,26,29). The molecule has 2 heterocycles. The van der Waals surface area contributed by atoms with E-state index in [1.807, 2.05) is 0 Å². The minimum absolute atomic E-state index is 0.0490. The number of carbonyl (C=O) groups is 2. The molecule has 4 aromatic rings. The van der Waals surface area contributed by atoms with Crippen molar-refractivity contribution in [2.75, 3.05) is 12.8 Å². The number of nitrogens with zero attached hydrogens (tertiary/aromatic N) is 3. The number of nitrogen functional groups attached to an aromatic ring is 1. The normalized spacial score (nSPS) is 10.8. The molecule has 0 saturated carbocycles. The van der Waals surface area contributed by atoms with Gasteiger partial charge in [-0.15, -0.1) is 0 Å². The number of pyridine rings is 1. The van der Waals surface area contributed by atoms with Crippen molar-refractivity contribution in [3.8, 4) is 11.1 Å². The summed E-state index contributed by atoms with van der Waals surface area (Å²) in [5, 5.41) is 9.84. The highest BCUT2D eigenvalue weighted by Gasteiger charge is 2.17. The van der Waals surface area contributed by atoms with Crippen LogP contribution in [-0.2, 0) is 6.54 Å². The average Bonchev–Trinajstić information content (AvgIpc) is 3.26. The topological polar surface area (TPSA) is 136 Å². The first kappa shape index (κ1) is 20.0. The van der Waals surface area contributed by atoms with Crippen molar-refractivity contribution in [2.24, 2.45) is 0 Å². The summed E-state index contributed by atoms with van der Waals surface area (Å²) in [6.45, 7) is -0.0490. The first-order chi connectivity index (χ1) is 15.0. The van der Waals surface area contributed by atoms with Crippen LogP contribution in [0.2, 0.25) is 0 Å². The molecule has 0 unspecified atom stereocenters. The molecule has 31 heavy (non-hydrogen) atoms. The van der Waals surface area contributed by atoms with Crippen molar-refractivity contribution in [2.45, 2.75) is 6.54 Å². The minimum Gasteiger partial charge on any atom is -0.383 e. The quantitative estimate of drug-likeness (QED) is 0.451. The largest absolute Gasteiger partial charge is 0.383 e. The molecule has 4 N–H and O–H groups in total. The highest BCUT2D eigenvalue weighted by Crippen LogP contribution is 2.29. The van der Waals surface area contributed by atoms with E-state index in [0.29, 0.717) is 21.9 Å². The molecular weight excluding hydrogens is 403 g/mol. The van der Waals surface area contributed by atoms with Crippen molar-refractivity contribution in [1.82, 2.24) is 25.8 Å². The van der Waals surface area contributed by atoms with Gasteiger partial charge in [-0.2, -0.15) is 4.98 Å². The number of fused-ring (bicyclic) bond motifs is 1. The average molecular weight is 420 g/mol. The lowest BCUT2D eigenvalue weighted by atomic mass is 9.99. The Morgan fingerprint density at radius 1 is 1.10 bits per heavy atom. The third kappa shape index (κ3) is 4.04. The number of aromatic nitrogens is 3. The van der Waals surface area contributed by atoms with E-state index in [0.717, 1.165) is 5.56 Å². The number of carbonyl (C=O) groups excluding carboxylic acids is 2. The SMILES string of the molecule is CNC(=O)c1nc(CNC(=O)c2cnc(N)c3cc(-c4cccc(F)c4)ccc23)no1. The van der Waals surface area contributed by atoms with Gasteiger partial charge < -0.3 is 20.9 Å². The molecule has 0 radical (unpaired) electrons. The Balaban J connectivity index is 1.60. The summed E-state index contributed by atoms with van der Waals surface area (Å²) < 4.78 is 18.4. The van der Waals surface area contributed by atoms with Crippen LogP contribution >= 0.6 is 0 Å². The van der Waals surface area contributed by atoms with Gasteiger partial charge in [0.25, 0.3) is 5.91 Å². The molecule has 2 amide bonds. The molecule has 0 aliphatic carbocycles. The monoisotopic (exact) mass is 420 g/mol. The molecule has 9 nitrogen and oxygen atoms in total. The van der Waals surface area contributed by atoms with E-state index in [4.69, 9.17) is 10.3 Å². The zero-order chi connectivity index (χ0) is 22.0. The summed E-state index contributed by atoms with van der Waals surface area (Å²) >= 11 is 0. The fourth-order valence-electron chi connectivity index (χ4n) is 3.07. The number of nitrogens with two attached hydrogens (primary N) is 1. The number of benzene rings is 2. The van der Waals surface area contributed by atoms with Crippen LogP contribution in [0.4, 0.5) is 10.2 Å². The Labute approximate surface area is 175 Å². The Kier molecular flexibility index (Phi) is 5.27. The maximum absolute atomic E-state index is 13.6. The summed E-state index contributed by atoms with van der Waals surface area (Å²) in [5.74, 6) is -1.10. The maximum Gasteiger partial charge on any atom is 0.315 e. The summed E-state index contributed by atoms with van der Waals surface area (Å²) in [4.78, 5) is 32.2. The Morgan fingerprint density at radius 3 is 2.68 bits per heavy atom. The van der Waals surface area contributed by atoms with Crippen LogP contribution in [0, 0.1) is 5.82 Å². The van der Waals surface area contributed by atoms with Crippen molar-refractivity contribution in [1.29, 1.82) is 0 Å². The van der Waals surface area contributed by atoms with E-state index in [-0.39, 0.29) is 29.9 Å². The molecule has 0 saturated heterocycles. The van der Waals surface area contributed by atoms with Crippen LogP contribution in [0.5, 0.6) is 0 Å². The molecule has 0 spiro atoms. The van der Waals surface area contributed by atoms with Gasteiger partial charge in [0.15, 0.2) is 5.82 Å². The number of anilines is 1. The minimum atomic E-state index is -0.520. The van der Waals surface area contributed by atoms with Crippen LogP contribution in [-0.4, -0.2) is 34.0 Å². The maximum atomic E-state index is 13.6. The van der Waals surface area contributed by atoms with Gasteiger partial charge in [0.1, 0.15) is 11.6 Å². The second-order valence-corrected chi connectivity index (χ2v) is 6.61. The fraction of sp³-hybridized carbons (Fsp3) is 0.0952. The number of hydrogen-bond donors (Lipinski definition) is 3. The summed E-state index contributed by atoms with van der Waals surface area (Å²) in [7, 11) is 1.44. The molecule has 0 aliphatic heterocycles. The highest BCUT2D eigenvalue weighted by atomic mass is 19.1. The van der Waals surface area contributed by atoms with Gasteiger partial charge in [-0.3, -0.25) is 9.59 Å². The number of halogens is 1. The first-order valence-electron chi connectivity index (χ1n) is 9.23. The summed E-state index contributed by atoms with van der Waals surface area (Å²) in [6, 6.07) is 11.5. The highest BCUT2D eigenvalue weighted by molar-refractivity contribution is 6.09. The molecule has 10 heteroatoms. The number of hydrogen-bond acceptors (Lipinski definition) is 7. The summed E-state index contributed by atoms with van der Waals surface area (Å²) in [6.07, 6.45) is 1.38. The predicted octanol–water partition coefficient (Wildman–Crippen LogP) is 2.30. The zero-order valence-corrected chi connectivity index (χ0v) is 16.3.